The molecule has 2 aromatic carbocycles. The number of ether oxygens (including phenoxy) is 1. The molecule has 0 amide bonds. The topological polar surface area (TPSA) is 64.4 Å². The number of nitro groups is 1. The van der Waals surface area contributed by atoms with Gasteiger partial charge in [-0.3, -0.25) is 10.1 Å². The van der Waals surface area contributed by atoms with Crippen LogP contribution in [0.3, 0.4) is 0 Å². The Kier molecular flexibility index (Phi) is 3.49. The normalized spacial score (nSPS) is 24.0. The number of rotatable bonds is 3. The molecule has 0 spiro atoms. The summed E-state index contributed by atoms with van der Waals surface area (Å²) in [5, 5.41) is 14.5. The van der Waals surface area contributed by atoms with Crippen molar-refractivity contribution in [3.63, 3.8) is 0 Å². The summed E-state index contributed by atoms with van der Waals surface area (Å²) in [6.07, 6.45) is 5.49. The maximum atomic E-state index is 10.9. The third-order valence-corrected chi connectivity index (χ3v) is 5.03. The number of nitro benzene ring substituents is 1. The zero-order valence-electron chi connectivity index (χ0n) is 13.3. The van der Waals surface area contributed by atoms with Crippen LogP contribution in [0.4, 0.5) is 11.4 Å². The van der Waals surface area contributed by atoms with Crippen LogP contribution in [0, 0.1) is 16.0 Å². The van der Waals surface area contributed by atoms with Crippen molar-refractivity contribution >= 4 is 11.4 Å². The fraction of sp³-hybridized carbons (Fsp3) is 0.263. The predicted octanol–water partition coefficient (Wildman–Crippen LogP) is 4.43. The second-order valence-electron chi connectivity index (χ2n) is 6.28. The second-order valence-corrected chi connectivity index (χ2v) is 6.28. The molecular weight excluding hydrogens is 304 g/mol. The summed E-state index contributed by atoms with van der Waals surface area (Å²) in [7, 11) is 1.68. The van der Waals surface area contributed by atoms with Gasteiger partial charge in [0.2, 0.25) is 0 Å². The maximum Gasteiger partial charge on any atom is 0.269 e. The van der Waals surface area contributed by atoms with Crippen molar-refractivity contribution in [1.82, 2.24) is 0 Å². The van der Waals surface area contributed by atoms with Crippen LogP contribution in [-0.4, -0.2) is 12.0 Å². The van der Waals surface area contributed by atoms with Gasteiger partial charge in [0.25, 0.3) is 5.69 Å². The van der Waals surface area contributed by atoms with E-state index in [2.05, 4.69) is 29.6 Å². The van der Waals surface area contributed by atoms with Gasteiger partial charge in [0.15, 0.2) is 0 Å². The number of non-ortho nitro benzene ring substituents is 1. The molecule has 1 N–H and O–H groups in total. The largest absolute Gasteiger partial charge is 0.497 e. The molecule has 0 aromatic heterocycles. The molecule has 0 bridgehead atoms. The van der Waals surface area contributed by atoms with Gasteiger partial charge in [-0.05, 0) is 41.7 Å². The molecule has 0 radical (unpaired) electrons. The van der Waals surface area contributed by atoms with E-state index in [9.17, 15) is 10.1 Å². The smallest absolute Gasteiger partial charge is 0.269 e. The van der Waals surface area contributed by atoms with Gasteiger partial charge in [-0.1, -0.05) is 24.3 Å². The quantitative estimate of drug-likeness (QED) is 0.516. The standard InChI is InChI=1S/C19H18N2O3/c1-24-14-9-10-18-17(11-14)15-3-2-4-16(15)19(20-18)12-5-7-13(8-6-12)21(22)23/h2-3,5-11,15-16,19-20H,4H2,1H3/t15-,16+,19-/m1/s1. The molecule has 5 nitrogen and oxygen atoms in total. The van der Waals surface area contributed by atoms with Crippen molar-refractivity contribution in [3.8, 4) is 5.75 Å². The summed E-state index contributed by atoms with van der Waals surface area (Å²) < 4.78 is 5.36. The molecule has 5 heteroatoms. The van der Waals surface area contributed by atoms with E-state index in [1.807, 2.05) is 18.2 Å². The number of hydrogen-bond acceptors (Lipinski definition) is 4. The highest BCUT2D eigenvalue weighted by atomic mass is 16.6. The van der Waals surface area contributed by atoms with Crippen molar-refractivity contribution in [3.05, 3.63) is 75.9 Å². The van der Waals surface area contributed by atoms with Crippen molar-refractivity contribution in [2.45, 2.75) is 18.4 Å². The van der Waals surface area contributed by atoms with Crippen LogP contribution < -0.4 is 10.1 Å². The zero-order valence-corrected chi connectivity index (χ0v) is 13.3. The molecule has 0 saturated heterocycles. The van der Waals surface area contributed by atoms with Crippen LogP contribution in [0.5, 0.6) is 5.75 Å². The Balaban J connectivity index is 1.71. The van der Waals surface area contributed by atoms with E-state index >= 15 is 0 Å². The average molecular weight is 322 g/mol. The fourth-order valence-electron chi connectivity index (χ4n) is 3.83. The van der Waals surface area contributed by atoms with Gasteiger partial charge >= 0.3 is 0 Å². The summed E-state index contributed by atoms with van der Waals surface area (Å²) >= 11 is 0. The lowest BCUT2D eigenvalue weighted by molar-refractivity contribution is -0.384. The molecule has 1 heterocycles. The Bertz CT molecular complexity index is 814. The Hall–Kier alpha value is -2.82. The lowest BCUT2D eigenvalue weighted by atomic mass is 9.77. The van der Waals surface area contributed by atoms with Crippen molar-refractivity contribution in [2.24, 2.45) is 5.92 Å². The van der Waals surface area contributed by atoms with E-state index < -0.39 is 0 Å². The first-order valence-electron chi connectivity index (χ1n) is 8.03. The van der Waals surface area contributed by atoms with Crippen molar-refractivity contribution in [1.29, 1.82) is 0 Å². The second kappa shape index (κ2) is 5.67. The highest BCUT2D eigenvalue weighted by Gasteiger charge is 2.38. The zero-order chi connectivity index (χ0) is 16.7. The molecule has 24 heavy (non-hydrogen) atoms. The van der Waals surface area contributed by atoms with Gasteiger partial charge in [-0.25, -0.2) is 0 Å². The number of benzene rings is 2. The van der Waals surface area contributed by atoms with Gasteiger partial charge < -0.3 is 10.1 Å². The molecular formula is C19H18N2O3. The lowest BCUT2D eigenvalue weighted by Gasteiger charge is -2.37. The number of hydrogen-bond donors (Lipinski definition) is 1. The van der Waals surface area contributed by atoms with Gasteiger partial charge in [-0.15, -0.1) is 0 Å². The molecule has 1 aliphatic carbocycles. The van der Waals surface area contributed by atoms with Gasteiger partial charge in [0, 0.05) is 23.7 Å². The monoisotopic (exact) mass is 322 g/mol. The minimum Gasteiger partial charge on any atom is -0.497 e. The Labute approximate surface area is 140 Å². The molecule has 3 atom stereocenters. The summed E-state index contributed by atoms with van der Waals surface area (Å²) in [4.78, 5) is 10.5. The minimum absolute atomic E-state index is 0.126. The van der Waals surface area contributed by atoms with E-state index in [-0.39, 0.29) is 16.7 Å². The fourth-order valence-corrected chi connectivity index (χ4v) is 3.83. The number of nitrogens with zero attached hydrogens (tertiary/aromatic N) is 1. The number of allylic oxidation sites excluding steroid dienone is 2. The number of nitrogens with one attached hydrogen (secondary N) is 1. The van der Waals surface area contributed by atoms with E-state index in [4.69, 9.17) is 4.74 Å². The number of methoxy groups -OCH3 is 1. The third kappa shape index (κ3) is 2.33. The van der Waals surface area contributed by atoms with Gasteiger partial charge in [0.05, 0.1) is 18.1 Å². The van der Waals surface area contributed by atoms with Crippen LogP contribution >= 0.6 is 0 Å². The summed E-state index contributed by atoms with van der Waals surface area (Å²) in [5.74, 6) is 1.62. The molecule has 2 aromatic rings. The first-order valence-corrected chi connectivity index (χ1v) is 8.03. The van der Waals surface area contributed by atoms with Crippen molar-refractivity contribution in [2.75, 3.05) is 12.4 Å². The summed E-state index contributed by atoms with van der Waals surface area (Å²) in [6, 6.07) is 13.1. The van der Waals surface area contributed by atoms with Crippen LogP contribution in [0.15, 0.2) is 54.6 Å². The van der Waals surface area contributed by atoms with E-state index in [1.165, 1.54) is 5.56 Å². The van der Waals surface area contributed by atoms with Crippen LogP contribution in [0.2, 0.25) is 0 Å². The Morgan fingerprint density at radius 2 is 2.00 bits per heavy atom. The highest BCUT2D eigenvalue weighted by molar-refractivity contribution is 5.61. The van der Waals surface area contributed by atoms with E-state index in [0.29, 0.717) is 11.8 Å². The number of anilines is 1. The molecule has 0 unspecified atom stereocenters. The van der Waals surface area contributed by atoms with Gasteiger partial charge in [0.1, 0.15) is 5.75 Å². The van der Waals surface area contributed by atoms with Crippen LogP contribution in [-0.2, 0) is 0 Å². The van der Waals surface area contributed by atoms with Gasteiger partial charge in [-0.2, -0.15) is 0 Å². The summed E-state index contributed by atoms with van der Waals surface area (Å²) in [5.41, 5.74) is 3.57. The first kappa shape index (κ1) is 14.8. The first-order chi connectivity index (χ1) is 11.7. The predicted molar refractivity (Wildman–Crippen MR) is 92.4 cm³/mol. The molecule has 4 rings (SSSR count). The molecule has 0 saturated carbocycles. The number of fused-ring (bicyclic) bond motifs is 3. The van der Waals surface area contributed by atoms with Crippen molar-refractivity contribution < 1.29 is 9.66 Å². The molecule has 0 fully saturated rings. The molecule has 1 aliphatic heterocycles. The molecule has 2 aliphatic rings. The third-order valence-electron chi connectivity index (χ3n) is 5.03. The van der Waals surface area contributed by atoms with E-state index in [0.717, 1.165) is 23.4 Å². The maximum absolute atomic E-state index is 10.9. The Morgan fingerprint density at radius 3 is 2.71 bits per heavy atom. The van der Waals surface area contributed by atoms with Crippen LogP contribution in [0.1, 0.15) is 29.5 Å². The van der Waals surface area contributed by atoms with E-state index in [1.54, 1.807) is 19.2 Å². The SMILES string of the molecule is COc1ccc2c(c1)[C@@H]1C=CC[C@@H]1[C@@H](c1ccc([N+](=O)[O-])cc1)N2. The molecule has 122 valence electrons. The minimum atomic E-state index is -0.362. The lowest BCUT2D eigenvalue weighted by Crippen LogP contribution is -2.29. The highest BCUT2D eigenvalue weighted by Crippen LogP contribution is 2.50. The summed E-state index contributed by atoms with van der Waals surface area (Å²) in [6.45, 7) is 0. The Morgan fingerprint density at radius 1 is 1.21 bits per heavy atom. The van der Waals surface area contributed by atoms with Crippen LogP contribution in [0.25, 0.3) is 0 Å². The average Bonchev–Trinajstić information content (AvgIpc) is 3.10.